The van der Waals surface area contributed by atoms with Gasteiger partial charge in [-0.05, 0) is 24.8 Å². The van der Waals surface area contributed by atoms with Gasteiger partial charge in [0.15, 0.2) is 0 Å². The number of alkyl halides is 2. The van der Waals surface area contributed by atoms with Gasteiger partial charge in [0, 0.05) is 28.8 Å². The minimum absolute atomic E-state index is 0.313. The van der Waals surface area contributed by atoms with E-state index >= 15 is 0 Å². The van der Waals surface area contributed by atoms with E-state index in [-0.39, 0.29) is 0 Å². The van der Waals surface area contributed by atoms with Gasteiger partial charge >= 0.3 is 0 Å². The zero-order chi connectivity index (χ0) is 18.3. The highest BCUT2D eigenvalue weighted by Crippen LogP contribution is 2.36. The molecule has 0 saturated heterocycles. The smallest absolute Gasteiger partial charge is 0.272 e. The largest absolute Gasteiger partial charge is 0.299 e. The molecule has 0 aliphatic carbocycles. The maximum absolute atomic E-state index is 13.2. The monoisotopic (exact) mass is 372 g/mol. The quantitative estimate of drug-likeness (QED) is 0.704. The lowest BCUT2D eigenvalue weighted by atomic mass is 10.1. The van der Waals surface area contributed by atoms with Gasteiger partial charge in [0.05, 0.1) is 6.20 Å². The first-order valence-corrected chi connectivity index (χ1v) is 8.62. The summed E-state index contributed by atoms with van der Waals surface area (Å²) in [6.07, 6.45) is 0.956. The molecule has 6 nitrogen and oxygen atoms in total. The Labute approximate surface area is 152 Å². The van der Waals surface area contributed by atoms with Crippen LogP contribution in [0.25, 0.3) is 6.08 Å². The van der Waals surface area contributed by atoms with E-state index in [2.05, 4.69) is 20.4 Å². The first-order chi connectivity index (χ1) is 12.5. The fourth-order valence-electron chi connectivity index (χ4n) is 2.56. The Bertz CT molecular complexity index is 1020. The zero-order valence-electron chi connectivity index (χ0n) is 14.0. The Balaban J connectivity index is 1.88. The Morgan fingerprint density at radius 2 is 1.92 bits per heavy atom. The highest BCUT2D eigenvalue weighted by Gasteiger charge is 2.27. The van der Waals surface area contributed by atoms with Crippen LogP contribution in [0.15, 0.2) is 51.7 Å². The second-order valence-electron chi connectivity index (χ2n) is 5.69. The van der Waals surface area contributed by atoms with Crippen molar-refractivity contribution in [3.05, 3.63) is 64.1 Å². The molecule has 132 valence electrons. The van der Waals surface area contributed by atoms with Crippen LogP contribution in [-0.4, -0.2) is 30.4 Å². The van der Waals surface area contributed by atoms with Crippen molar-refractivity contribution in [2.24, 2.45) is 12.1 Å². The summed E-state index contributed by atoms with van der Waals surface area (Å²) >= 11 is 1.26. The minimum Gasteiger partial charge on any atom is -0.272 e. The van der Waals surface area contributed by atoms with E-state index in [1.165, 1.54) is 11.8 Å². The van der Waals surface area contributed by atoms with Crippen LogP contribution in [0, 0.1) is 6.92 Å². The fraction of sp³-hybridized carbons (Fsp3) is 0.176. The Morgan fingerprint density at radius 3 is 2.58 bits per heavy atom. The van der Waals surface area contributed by atoms with Crippen molar-refractivity contribution in [2.75, 3.05) is 0 Å². The van der Waals surface area contributed by atoms with Crippen LogP contribution in [0.2, 0.25) is 0 Å². The SMILES string of the molecule is Cc1c(C=C2Sc3nnc(C(F)F)n3N=C2c2ccccc2)cnn1C. The summed E-state index contributed by atoms with van der Waals surface area (Å²) in [4.78, 5) is 0.799. The van der Waals surface area contributed by atoms with Gasteiger partial charge in [0.25, 0.3) is 6.43 Å². The van der Waals surface area contributed by atoms with Crippen molar-refractivity contribution in [3.63, 3.8) is 0 Å². The molecule has 1 aromatic carbocycles. The third-order valence-electron chi connectivity index (χ3n) is 4.07. The molecule has 0 unspecified atom stereocenters. The molecule has 0 fully saturated rings. The van der Waals surface area contributed by atoms with E-state index in [1.807, 2.05) is 50.4 Å². The van der Waals surface area contributed by atoms with Gasteiger partial charge in [-0.2, -0.15) is 14.9 Å². The normalized spacial score (nSPS) is 15.4. The number of aryl methyl sites for hydroxylation is 1. The molecule has 1 aliphatic heterocycles. The van der Waals surface area contributed by atoms with E-state index in [0.717, 1.165) is 26.4 Å². The molecule has 0 atom stereocenters. The van der Waals surface area contributed by atoms with Crippen molar-refractivity contribution in [1.82, 2.24) is 24.7 Å². The molecule has 0 bridgehead atoms. The summed E-state index contributed by atoms with van der Waals surface area (Å²) in [6.45, 7) is 1.96. The first kappa shape index (κ1) is 16.6. The molecule has 0 amide bonds. The zero-order valence-corrected chi connectivity index (χ0v) is 14.8. The molecular weight excluding hydrogens is 358 g/mol. The number of hydrogen-bond donors (Lipinski definition) is 0. The molecule has 1 aliphatic rings. The van der Waals surface area contributed by atoms with Gasteiger partial charge in [-0.25, -0.2) is 8.78 Å². The van der Waals surface area contributed by atoms with E-state index in [0.29, 0.717) is 10.9 Å². The molecule has 0 spiro atoms. The van der Waals surface area contributed by atoms with Gasteiger partial charge in [-0.3, -0.25) is 4.68 Å². The van der Waals surface area contributed by atoms with Crippen LogP contribution in [0.4, 0.5) is 8.78 Å². The number of nitrogens with zero attached hydrogens (tertiary/aromatic N) is 6. The van der Waals surface area contributed by atoms with Crippen molar-refractivity contribution in [2.45, 2.75) is 18.5 Å². The number of aromatic nitrogens is 5. The number of benzene rings is 1. The van der Waals surface area contributed by atoms with Gasteiger partial charge < -0.3 is 0 Å². The molecule has 2 aromatic heterocycles. The predicted octanol–water partition coefficient (Wildman–Crippen LogP) is 3.66. The van der Waals surface area contributed by atoms with Crippen molar-refractivity contribution >= 4 is 23.5 Å². The van der Waals surface area contributed by atoms with Gasteiger partial charge in [-0.1, -0.05) is 30.3 Å². The lowest BCUT2D eigenvalue weighted by molar-refractivity contribution is 0.135. The lowest BCUT2D eigenvalue weighted by Gasteiger charge is -2.17. The van der Waals surface area contributed by atoms with Crippen molar-refractivity contribution in [3.8, 4) is 0 Å². The third-order valence-corrected chi connectivity index (χ3v) is 5.04. The van der Waals surface area contributed by atoms with Gasteiger partial charge in [0.2, 0.25) is 11.0 Å². The van der Waals surface area contributed by atoms with Crippen molar-refractivity contribution in [1.29, 1.82) is 0 Å². The van der Waals surface area contributed by atoms with Gasteiger partial charge in [0.1, 0.15) is 5.71 Å². The Morgan fingerprint density at radius 1 is 1.15 bits per heavy atom. The molecule has 0 saturated carbocycles. The van der Waals surface area contributed by atoms with Gasteiger partial charge in [-0.15, -0.1) is 10.2 Å². The van der Waals surface area contributed by atoms with Crippen LogP contribution >= 0.6 is 11.8 Å². The van der Waals surface area contributed by atoms with Crippen molar-refractivity contribution < 1.29 is 8.78 Å². The molecule has 3 heterocycles. The van der Waals surface area contributed by atoms with E-state index < -0.39 is 12.2 Å². The summed E-state index contributed by atoms with van der Waals surface area (Å²) in [6, 6.07) is 9.43. The molecule has 4 rings (SSSR count). The first-order valence-electron chi connectivity index (χ1n) is 7.81. The van der Waals surface area contributed by atoms with Crippen LogP contribution in [0.3, 0.4) is 0 Å². The topological polar surface area (TPSA) is 60.9 Å². The van der Waals surface area contributed by atoms with E-state index in [4.69, 9.17) is 0 Å². The van der Waals surface area contributed by atoms with Crippen LogP contribution in [-0.2, 0) is 7.05 Å². The standard InChI is InChI=1S/C17H14F2N6S/c1-10-12(9-20-24(10)2)8-13-14(11-6-4-3-5-7-11)23-25-16(15(18)19)21-22-17(25)26-13/h3-9,15H,1-2H3. The summed E-state index contributed by atoms with van der Waals surface area (Å²) in [5.41, 5.74) is 3.34. The maximum atomic E-state index is 13.2. The maximum Gasteiger partial charge on any atom is 0.299 e. The molecule has 26 heavy (non-hydrogen) atoms. The Kier molecular flexibility index (Phi) is 4.15. The average Bonchev–Trinajstić information content (AvgIpc) is 3.20. The highest BCUT2D eigenvalue weighted by molar-refractivity contribution is 8.04. The molecule has 3 aromatic rings. The predicted molar refractivity (Wildman–Crippen MR) is 95.1 cm³/mol. The highest BCUT2D eigenvalue weighted by atomic mass is 32.2. The summed E-state index contributed by atoms with van der Waals surface area (Å²) in [5, 5.41) is 16.4. The minimum atomic E-state index is -2.75. The van der Waals surface area contributed by atoms with E-state index in [9.17, 15) is 8.78 Å². The fourth-order valence-corrected chi connectivity index (χ4v) is 3.50. The number of thioether (sulfide) groups is 1. The number of fused-ring (bicyclic) bond motifs is 1. The van der Waals surface area contributed by atoms with E-state index in [1.54, 1.807) is 10.9 Å². The second-order valence-corrected chi connectivity index (χ2v) is 6.70. The molecular formula is C17H14F2N6S. The summed E-state index contributed by atoms with van der Waals surface area (Å²) < 4.78 is 29.3. The molecule has 0 radical (unpaired) electrons. The summed E-state index contributed by atoms with van der Waals surface area (Å²) in [7, 11) is 1.86. The molecule has 0 N–H and O–H groups in total. The third kappa shape index (κ3) is 2.84. The van der Waals surface area contributed by atoms with Crippen LogP contribution < -0.4 is 0 Å². The number of halogens is 2. The number of allylic oxidation sites excluding steroid dienone is 1. The molecule has 9 heteroatoms. The lowest BCUT2D eigenvalue weighted by Crippen LogP contribution is -2.13. The second kappa shape index (κ2) is 6.49. The van der Waals surface area contributed by atoms with Crippen LogP contribution in [0.5, 0.6) is 0 Å². The number of hydrogen-bond acceptors (Lipinski definition) is 5. The number of rotatable bonds is 3. The van der Waals surface area contributed by atoms with Crippen LogP contribution in [0.1, 0.15) is 29.1 Å². The Hall–Kier alpha value is -2.81. The summed E-state index contributed by atoms with van der Waals surface area (Å²) in [5.74, 6) is -0.461. The average molecular weight is 372 g/mol.